The van der Waals surface area contributed by atoms with Crippen LogP contribution in [0.2, 0.25) is 0 Å². The topological polar surface area (TPSA) is 67.2 Å². The molecular formula is C12H19N3O. The summed E-state index contributed by atoms with van der Waals surface area (Å²) in [5.74, 6) is 0. The van der Waals surface area contributed by atoms with E-state index in [0.717, 1.165) is 11.1 Å². The molecule has 1 atom stereocenters. The zero-order valence-electron chi connectivity index (χ0n) is 9.79. The van der Waals surface area contributed by atoms with Crippen molar-refractivity contribution in [2.24, 2.45) is 5.73 Å². The standard InChI is InChI=1S/C12H19N3O/c1-3-14-12(16)15-9(2)11-6-4-10(8-13)5-7-11/h4-7,9H,3,8,13H2,1-2H3,(H2,14,15,16). The first-order valence-corrected chi connectivity index (χ1v) is 5.50. The Labute approximate surface area is 96.2 Å². The van der Waals surface area contributed by atoms with E-state index in [1.54, 1.807) is 0 Å². The van der Waals surface area contributed by atoms with Crippen LogP contribution in [0.15, 0.2) is 24.3 Å². The van der Waals surface area contributed by atoms with Crippen molar-refractivity contribution in [1.82, 2.24) is 10.6 Å². The van der Waals surface area contributed by atoms with Crippen LogP contribution in [-0.4, -0.2) is 12.6 Å². The minimum atomic E-state index is -0.141. The highest BCUT2D eigenvalue weighted by Gasteiger charge is 2.07. The maximum absolute atomic E-state index is 11.3. The average Bonchev–Trinajstić information content (AvgIpc) is 2.29. The summed E-state index contributed by atoms with van der Waals surface area (Å²) in [4.78, 5) is 11.3. The second-order valence-corrected chi connectivity index (χ2v) is 3.67. The molecule has 0 bridgehead atoms. The molecule has 1 rings (SSSR count). The zero-order valence-corrected chi connectivity index (χ0v) is 9.79. The molecule has 16 heavy (non-hydrogen) atoms. The molecule has 1 unspecified atom stereocenters. The van der Waals surface area contributed by atoms with Crippen molar-refractivity contribution in [1.29, 1.82) is 0 Å². The lowest BCUT2D eigenvalue weighted by Gasteiger charge is -2.14. The number of rotatable bonds is 4. The second kappa shape index (κ2) is 6.12. The lowest BCUT2D eigenvalue weighted by molar-refractivity contribution is 0.238. The molecule has 0 radical (unpaired) electrons. The Morgan fingerprint density at radius 3 is 2.50 bits per heavy atom. The number of amides is 2. The summed E-state index contributed by atoms with van der Waals surface area (Å²) in [5.41, 5.74) is 7.68. The fraction of sp³-hybridized carbons (Fsp3) is 0.417. The molecule has 0 saturated carbocycles. The van der Waals surface area contributed by atoms with Gasteiger partial charge in [0.25, 0.3) is 0 Å². The van der Waals surface area contributed by atoms with Gasteiger partial charge in [0.05, 0.1) is 6.04 Å². The molecule has 0 aliphatic heterocycles. The van der Waals surface area contributed by atoms with Gasteiger partial charge in [-0.15, -0.1) is 0 Å². The molecule has 0 aliphatic rings. The lowest BCUT2D eigenvalue weighted by Crippen LogP contribution is -2.36. The Balaban J connectivity index is 2.58. The Morgan fingerprint density at radius 2 is 2.00 bits per heavy atom. The summed E-state index contributed by atoms with van der Waals surface area (Å²) in [7, 11) is 0. The zero-order chi connectivity index (χ0) is 12.0. The van der Waals surface area contributed by atoms with Crippen LogP contribution in [0.5, 0.6) is 0 Å². The first kappa shape index (κ1) is 12.5. The third-order valence-corrected chi connectivity index (χ3v) is 2.40. The summed E-state index contributed by atoms with van der Waals surface area (Å²) in [6.45, 7) is 5.01. The van der Waals surface area contributed by atoms with Gasteiger partial charge in [-0.2, -0.15) is 0 Å². The van der Waals surface area contributed by atoms with E-state index >= 15 is 0 Å². The van der Waals surface area contributed by atoms with Crippen LogP contribution >= 0.6 is 0 Å². The van der Waals surface area contributed by atoms with Gasteiger partial charge in [-0.05, 0) is 25.0 Å². The Bertz CT molecular complexity index is 335. The number of urea groups is 1. The van der Waals surface area contributed by atoms with Crippen LogP contribution in [0, 0.1) is 0 Å². The minimum absolute atomic E-state index is 0.00151. The Hall–Kier alpha value is -1.55. The molecule has 1 aromatic rings. The third kappa shape index (κ3) is 3.55. The number of carbonyl (C=O) groups excluding carboxylic acids is 1. The van der Waals surface area contributed by atoms with Crippen molar-refractivity contribution in [3.63, 3.8) is 0 Å². The van der Waals surface area contributed by atoms with Crippen LogP contribution in [-0.2, 0) is 6.54 Å². The maximum Gasteiger partial charge on any atom is 0.315 e. The molecule has 1 aromatic carbocycles. The van der Waals surface area contributed by atoms with Gasteiger partial charge < -0.3 is 16.4 Å². The van der Waals surface area contributed by atoms with Gasteiger partial charge in [-0.25, -0.2) is 4.79 Å². The first-order chi connectivity index (χ1) is 7.67. The average molecular weight is 221 g/mol. The molecule has 4 nitrogen and oxygen atoms in total. The maximum atomic E-state index is 11.3. The van der Waals surface area contributed by atoms with E-state index in [-0.39, 0.29) is 12.1 Å². The monoisotopic (exact) mass is 221 g/mol. The summed E-state index contributed by atoms with van der Waals surface area (Å²) in [6.07, 6.45) is 0. The SMILES string of the molecule is CCNC(=O)NC(C)c1ccc(CN)cc1. The summed E-state index contributed by atoms with van der Waals surface area (Å²) in [6, 6.07) is 7.78. The lowest BCUT2D eigenvalue weighted by atomic mass is 10.1. The van der Waals surface area contributed by atoms with E-state index in [1.807, 2.05) is 38.1 Å². The van der Waals surface area contributed by atoms with Crippen molar-refractivity contribution >= 4 is 6.03 Å². The van der Waals surface area contributed by atoms with Gasteiger partial charge in [-0.3, -0.25) is 0 Å². The predicted molar refractivity (Wildman–Crippen MR) is 65.0 cm³/mol. The van der Waals surface area contributed by atoms with Crippen molar-refractivity contribution in [2.75, 3.05) is 6.54 Å². The van der Waals surface area contributed by atoms with Gasteiger partial charge in [0.2, 0.25) is 0 Å². The van der Waals surface area contributed by atoms with Crippen molar-refractivity contribution < 1.29 is 4.79 Å². The quantitative estimate of drug-likeness (QED) is 0.721. The fourth-order valence-corrected chi connectivity index (χ4v) is 1.43. The van der Waals surface area contributed by atoms with Crippen LogP contribution in [0.3, 0.4) is 0 Å². The molecule has 0 fully saturated rings. The summed E-state index contributed by atoms with van der Waals surface area (Å²) in [5, 5.41) is 5.55. The van der Waals surface area contributed by atoms with Crippen LogP contribution in [0.25, 0.3) is 0 Å². The molecule has 0 spiro atoms. The van der Waals surface area contributed by atoms with E-state index in [1.165, 1.54) is 0 Å². The predicted octanol–water partition coefficient (Wildman–Crippen LogP) is 1.53. The van der Waals surface area contributed by atoms with E-state index in [4.69, 9.17) is 5.73 Å². The number of hydrogen-bond donors (Lipinski definition) is 3. The number of benzene rings is 1. The Kier molecular flexibility index (Phi) is 4.79. The molecule has 0 aromatic heterocycles. The number of hydrogen-bond acceptors (Lipinski definition) is 2. The second-order valence-electron chi connectivity index (χ2n) is 3.67. The Morgan fingerprint density at radius 1 is 1.38 bits per heavy atom. The highest BCUT2D eigenvalue weighted by Crippen LogP contribution is 2.12. The molecule has 0 heterocycles. The summed E-state index contributed by atoms with van der Waals surface area (Å²) < 4.78 is 0. The van der Waals surface area contributed by atoms with Crippen molar-refractivity contribution in [2.45, 2.75) is 26.4 Å². The van der Waals surface area contributed by atoms with Gasteiger partial charge in [0, 0.05) is 13.1 Å². The fourth-order valence-electron chi connectivity index (χ4n) is 1.43. The van der Waals surface area contributed by atoms with Crippen LogP contribution in [0.4, 0.5) is 4.79 Å². The smallest absolute Gasteiger partial charge is 0.315 e. The molecular weight excluding hydrogens is 202 g/mol. The molecule has 4 heteroatoms. The molecule has 88 valence electrons. The molecule has 0 saturated heterocycles. The molecule has 4 N–H and O–H groups in total. The van der Waals surface area contributed by atoms with E-state index in [2.05, 4.69) is 10.6 Å². The normalized spacial score (nSPS) is 11.9. The number of carbonyl (C=O) groups is 1. The van der Waals surface area contributed by atoms with Crippen LogP contribution < -0.4 is 16.4 Å². The molecule has 2 amide bonds. The van der Waals surface area contributed by atoms with E-state index in [0.29, 0.717) is 13.1 Å². The van der Waals surface area contributed by atoms with Crippen molar-refractivity contribution in [3.05, 3.63) is 35.4 Å². The number of nitrogens with one attached hydrogen (secondary N) is 2. The highest BCUT2D eigenvalue weighted by atomic mass is 16.2. The highest BCUT2D eigenvalue weighted by molar-refractivity contribution is 5.74. The van der Waals surface area contributed by atoms with Crippen LogP contribution in [0.1, 0.15) is 31.0 Å². The molecule has 0 aliphatic carbocycles. The van der Waals surface area contributed by atoms with E-state index in [9.17, 15) is 4.79 Å². The van der Waals surface area contributed by atoms with E-state index < -0.39 is 0 Å². The van der Waals surface area contributed by atoms with Gasteiger partial charge in [0.1, 0.15) is 0 Å². The third-order valence-electron chi connectivity index (χ3n) is 2.40. The number of nitrogens with two attached hydrogens (primary N) is 1. The van der Waals surface area contributed by atoms with Gasteiger partial charge in [-0.1, -0.05) is 24.3 Å². The minimum Gasteiger partial charge on any atom is -0.338 e. The largest absolute Gasteiger partial charge is 0.338 e. The van der Waals surface area contributed by atoms with Crippen molar-refractivity contribution in [3.8, 4) is 0 Å². The van der Waals surface area contributed by atoms with Gasteiger partial charge >= 0.3 is 6.03 Å². The van der Waals surface area contributed by atoms with Gasteiger partial charge in [0.15, 0.2) is 0 Å². The summed E-state index contributed by atoms with van der Waals surface area (Å²) >= 11 is 0. The first-order valence-electron chi connectivity index (χ1n) is 5.50.